The Bertz CT molecular complexity index is 1220. The lowest BCUT2D eigenvalue weighted by molar-refractivity contribution is 0.0688. The zero-order valence-electron chi connectivity index (χ0n) is 16.2. The molecule has 1 N–H and O–H groups in total. The average molecular weight is 403 g/mol. The van der Waals surface area contributed by atoms with Crippen molar-refractivity contribution in [3.63, 3.8) is 0 Å². The smallest absolute Gasteiger partial charge is 0.357 e. The molecule has 0 unspecified atom stereocenters. The molecule has 0 aliphatic carbocycles. The van der Waals surface area contributed by atoms with Gasteiger partial charge in [0.25, 0.3) is 5.56 Å². The second-order valence-corrected chi connectivity index (χ2v) is 6.08. The molecule has 0 aliphatic rings. The first kappa shape index (κ1) is 20.4. The summed E-state index contributed by atoms with van der Waals surface area (Å²) in [4.78, 5) is 24.7. The van der Waals surface area contributed by atoms with Gasteiger partial charge in [0.05, 0.1) is 19.9 Å². The summed E-state index contributed by atoms with van der Waals surface area (Å²) in [5, 5.41) is 23.2. The van der Waals surface area contributed by atoms with E-state index in [0.29, 0.717) is 22.7 Å². The molecule has 8 nitrogen and oxygen atoms in total. The van der Waals surface area contributed by atoms with E-state index in [9.17, 15) is 20.0 Å². The molecule has 30 heavy (non-hydrogen) atoms. The van der Waals surface area contributed by atoms with Crippen molar-refractivity contribution in [3.8, 4) is 23.3 Å². The minimum atomic E-state index is -1.36. The van der Waals surface area contributed by atoms with Crippen LogP contribution < -0.4 is 15.0 Å². The van der Waals surface area contributed by atoms with Crippen LogP contribution in [0, 0.1) is 11.3 Å². The van der Waals surface area contributed by atoms with E-state index in [1.807, 2.05) is 6.07 Å². The number of ether oxygens (including phenoxy) is 2. The van der Waals surface area contributed by atoms with Crippen molar-refractivity contribution < 1.29 is 19.4 Å². The molecule has 0 bridgehead atoms. The molecule has 0 radical (unpaired) electrons. The molecule has 0 spiro atoms. The van der Waals surface area contributed by atoms with Crippen LogP contribution in [0.5, 0.6) is 11.5 Å². The summed E-state index contributed by atoms with van der Waals surface area (Å²) >= 11 is 0. The highest BCUT2D eigenvalue weighted by atomic mass is 16.5. The van der Waals surface area contributed by atoms with Crippen LogP contribution in [-0.4, -0.2) is 35.1 Å². The SMILES string of the molecule is COc1ccc(-n2nc(C(=O)O)c(/C=C\c3cccc(OC)c3)c(C#N)c2=O)cc1. The van der Waals surface area contributed by atoms with Gasteiger partial charge in [-0.25, -0.2) is 4.79 Å². The van der Waals surface area contributed by atoms with E-state index in [0.717, 1.165) is 4.68 Å². The summed E-state index contributed by atoms with van der Waals surface area (Å²) in [5.74, 6) is -0.188. The van der Waals surface area contributed by atoms with Crippen molar-refractivity contribution in [2.75, 3.05) is 14.2 Å². The van der Waals surface area contributed by atoms with Crippen molar-refractivity contribution in [2.45, 2.75) is 0 Å². The van der Waals surface area contributed by atoms with E-state index in [1.165, 1.54) is 20.3 Å². The first-order chi connectivity index (χ1) is 14.5. The third-order valence-corrected chi connectivity index (χ3v) is 4.30. The summed E-state index contributed by atoms with van der Waals surface area (Å²) in [6.07, 6.45) is 2.98. The molecule has 1 aromatic heterocycles. The lowest BCUT2D eigenvalue weighted by atomic mass is 10.1. The van der Waals surface area contributed by atoms with Gasteiger partial charge >= 0.3 is 5.97 Å². The Labute approximate surface area is 171 Å². The summed E-state index contributed by atoms with van der Waals surface area (Å²) in [6, 6.07) is 15.1. The summed E-state index contributed by atoms with van der Waals surface area (Å²) < 4.78 is 11.1. The number of hydrogen-bond acceptors (Lipinski definition) is 6. The number of aromatic carboxylic acids is 1. The number of methoxy groups -OCH3 is 2. The Hall–Kier alpha value is -4.38. The molecule has 0 aliphatic heterocycles. The van der Waals surface area contributed by atoms with Gasteiger partial charge in [-0.1, -0.05) is 24.3 Å². The average Bonchev–Trinajstić information content (AvgIpc) is 2.77. The Kier molecular flexibility index (Phi) is 5.94. The normalized spacial score (nSPS) is 10.6. The third kappa shape index (κ3) is 4.05. The highest BCUT2D eigenvalue weighted by molar-refractivity contribution is 5.92. The molecule has 0 fully saturated rings. The molecule has 3 rings (SSSR count). The van der Waals surface area contributed by atoms with Crippen LogP contribution in [0.4, 0.5) is 0 Å². The number of aromatic nitrogens is 2. The van der Waals surface area contributed by atoms with E-state index in [-0.39, 0.29) is 11.1 Å². The van der Waals surface area contributed by atoms with E-state index < -0.39 is 17.2 Å². The minimum Gasteiger partial charge on any atom is -0.497 e. The molecule has 2 aromatic carbocycles. The Morgan fingerprint density at radius 3 is 2.40 bits per heavy atom. The summed E-state index contributed by atoms with van der Waals surface area (Å²) in [5.41, 5.74) is -0.518. The maximum Gasteiger partial charge on any atom is 0.357 e. The molecule has 0 atom stereocenters. The Morgan fingerprint density at radius 2 is 1.80 bits per heavy atom. The van der Waals surface area contributed by atoms with Crippen molar-refractivity contribution >= 4 is 18.1 Å². The maximum absolute atomic E-state index is 12.9. The van der Waals surface area contributed by atoms with Gasteiger partial charge < -0.3 is 14.6 Å². The van der Waals surface area contributed by atoms with Gasteiger partial charge in [0.1, 0.15) is 23.1 Å². The van der Waals surface area contributed by atoms with Gasteiger partial charge in [0.15, 0.2) is 5.69 Å². The van der Waals surface area contributed by atoms with Crippen LogP contribution in [0.25, 0.3) is 17.8 Å². The fourth-order valence-corrected chi connectivity index (χ4v) is 2.79. The number of hydrogen-bond donors (Lipinski definition) is 1. The lowest BCUT2D eigenvalue weighted by Gasteiger charge is -2.10. The van der Waals surface area contributed by atoms with Crippen LogP contribution >= 0.6 is 0 Å². The lowest BCUT2D eigenvalue weighted by Crippen LogP contribution is -2.28. The van der Waals surface area contributed by atoms with Gasteiger partial charge in [-0.05, 0) is 42.0 Å². The van der Waals surface area contributed by atoms with Gasteiger partial charge in [0.2, 0.25) is 0 Å². The van der Waals surface area contributed by atoms with Crippen molar-refractivity contribution in [1.29, 1.82) is 5.26 Å². The quantitative estimate of drug-likeness (QED) is 0.673. The number of carbonyl (C=O) groups is 1. The summed E-state index contributed by atoms with van der Waals surface area (Å²) in [7, 11) is 3.03. The van der Waals surface area contributed by atoms with Crippen LogP contribution in [-0.2, 0) is 0 Å². The second-order valence-electron chi connectivity index (χ2n) is 6.08. The maximum atomic E-state index is 12.9. The first-order valence-electron chi connectivity index (χ1n) is 8.75. The van der Waals surface area contributed by atoms with Gasteiger partial charge in [-0.15, -0.1) is 0 Å². The number of rotatable bonds is 6. The van der Waals surface area contributed by atoms with Crippen LogP contribution in [0.3, 0.4) is 0 Å². The molecule has 0 saturated carbocycles. The van der Waals surface area contributed by atoms with E-state index in [2.05, 4.69) is 5.10 Å². The third-order valence-electron chi connectivity index (χ3n) is 4.30. The van der Waals surface area contributed by atoms with Crippen LogP contribution in [0.15, 0.2) is 53.3 Å². The highest BCUT2D eigenvalue weighted by Gasteiger charge is 2.21. The number of nitrogens with zero attached hydrogens (tertiary/aromatic N) is 3. The zero-order chi connectivity index (χ0) is 21.7. The topological polar surface area (TPSA) is 114 Å². The number of benzene rings is 2. The molecular formula is C22H17N3O5. The van der Waals surface area contributed by atoms with E-state index in [4.69, 9.17) is 9.47 Å². The molecule has 150 valence electrons. The number of carboxylic acid groups (broad SMARTS) is 1. The van der Waals surface area contributed by atoms with Gasteiger partial charge in [-0.3, -0.25) is 4.79 Å². The highest BCUT2D eigenvalue weighted by Crippen LogP contribution is 2.19. The zero-order valence-corrected chi connectivity index (χ0v) is 16.2. The number of carboxylic acids is 1. The molecule has 8 heteroatoms. The largest absolute Gasteiger partial charge is 0.497 e. The van der Waals surface area contributed by atoms with Gasteiger partial charge in [0, 0.05) is 5.56 Å². The summed E-state index contributed by atoms with van der Waals surface area (Å²) in [6.45, 7) is 0. The van der Waals surface area contributed by atoms with E-state index in [1.54, 1.807) is 54.6 Å². The Morgan fingerprint density at radius 1 is 1.10 bits per heavy atom. The minimum absolute atomic E-state index is 0.0671. The molecule has 1 heterocycles. The van der Waals surface area contributed by atoms with Crippen molar-refractivity contribution in [1.82, 2.24) is 9.78 Å². The fraction of sp³-hybridized carbons (Fsp3) is 0.0909. The van der Waals surface area contributed by atoms with Crippen LogP contribution in [0.2, 0.25) is 0 Å². The van der Waals surface area contributed by atoms with Gasteiger partial charge in [-0.2, -0.15) is 15.0 Å². The molecule has 0 amide bonds. The molecular weight excluding hydrogens is 386 g/mol. The standard InChI is InChI=1S/C22H17N3O5/c1-29-16-9-7-15(8-10-16)25-21(26)19(13-23)18(20(24-25)22(27)28)11-6-14-4-3-5-17(12-14)30-2/h3-12H,1-2H3,(H,27,28)/b11-6-. The van der Waals surface area contributed by atoms with Crippen molar-refractivity contribution in [2.24, 2.45) is 0 Å². The molecule has 0 saturated heterocycles. The predicted molar refractivity (Wildman–Crippen MR) is 110 cm³/mol. The molecule has 3 aromatic rings. The monoisotopic (exact) mass is 403 g/mol. The fourth-order valence-electron chi connectivity index (χ4n) is 2.79. The van der Waals surface area contributed by atoms with E-state index >= 15 is 0 Å². The first-order valence-corrected chi connectivity index (χ1v) is 8.75. The number of nitriles is 1. The van der Waals surface area contributed by atoms with Crippen LogP contribution in [0.1, 0.15) is 27.2 Å². The second kappa shape index (κ2) is 8.75. The Balaban J connectivity index is 2.16. The van der Waals surface area contributed by atoms with Crippen molar-refractivity contribution in [3.05, 3.63) is 81.3 Å². The predicted octanol–water partition coefficient (Wildman–Crippen LogP) is 2.99.